The van der Waals surface area contributed by atoms with Crippen molar-refractivity contribution >= 4 is 15.7 Å². The minimum absolute atomic E-state index is 0.172. The summed E-state index contributed by atoms with van der Waals surface area (Å²) in [4.78, 5) is 0.172. The first-order valence-corrected chi connectivity index (χ1v) is 12.4. The fraction of sp³-hybridized carbons (Fsp3) is 0.269. The average Bonchev–Trinajstić information content (AvgIpc) is 3.34. The minimum atomic E-state index is -3.94. The molecule has 0 aliphatic carbocycles. The molecule has 1 unspecified atom stereocenters. The standard InChI is InChI=1S/C26H28N2O6S/c1-17-6-10-20(11-7-17)35(29,30)28-22(19-9-13-24(32-3)26(15-19)34-5)16-21(27-28)18-8-12-23(31-2)25(14-18)33-4/h6-15,22H,16H2,1-5H3. The maximum absolute atomic E-state index is 13.7. The maximum Gasteiger partial charge on any atom is 0.279 e. The van der Waals surface area contributed by atoms with Gasteiger partial charge in [0.05, 0.1) is 45.1 Å². The molecule has 1 aliphatic heterocycles. The summed E-state index contributed by atoms with van der Waals surface area (Å²) in [6, 6.07) is 17.0. The third kappa shape index (κ3) is 4.64. The molecule has 1 heterocycles. The lowest BCUT2D eigenvalue weighted by molar-refractivity contribution is 0.348. The number of nitrogens with zero attached hydrogens (tertiary/aromatic N) is 2. The van der Waals surface area contributed by atoms with Crippen molar-refractivity contribution in [3.05, 3.63) is 77.4 Å². The van der Waals surface area contributed by atoms with Crippen LogP contribution in [0.25, 0.3) is 0 Å². The zero-order chi connectivity index (χ0) is 25.2. The van der Waals surface area contributed by atoms with Gasteiger partial charge < -0.3 is 18.9 Å². The van der Waals surface area contributed by atoms with Gasteiger partial charge in [0.25, 0.3) is 10.0 Å². The van der Waals surface area contributed by atoms with Crippen LogP contribution < -0.4 is 18.9 Å². The normalized spacial score (nSPS) is 15.5. The number of hydrogen-bond donors (Lipinski definition) is 0. The number of rotatable bonds is 8. The third-order valence-corrected chi connectivity index (χ3v) is 7.64. The smallest absolute Gasteiger partial charge is 0.279 e. The highest BCUT2D eigenvalue weighted by Crippen LogP contribution is 2.41. The lowest BCUT2D eigenvalue weighted by atomic mass is 9.98. The monoisotopic (exact) mass is 496 g/mol. The van der Waals surface area contributed by atoms with Crippen LogP contribution in [0.3, 0.4) is 0 Å². The molecule has 8 nitrogen and oxygen atoms in total. The van der Waals surface area contributed by atoms with Crippen molar-refractivity contribution in [2.45, 2.75) is 24.3 Å². The number of aryl methyl sites for hydroxylation is 1. The molecule has 0 radical (unpaired) electrons. The van der Waals surface area contributed by atoms with Gasteiger partial charge in [-0.15, -0.1) is 0 Å². The van der Waals surface area contributed by atoms with Gasteiger partial charge in [0.1, 0.15) is 0 Å². The quantitative estimate of drug-likeness (QED) is 0.454. The van der Waals surface area contributed by atoms with E-state index in [1.165, 1.54) is 4.41 Å². The topological polar surface area (TPSA) is 86.7 Å². The first-order valence-electron chi connectivity index (χ1n) is 10.9. The highest BCUT2D eigenvalue weighted by molar-refractivity contribution is 7.89. The Morgan fingerprint density at radius 1 is 0.771 bits per heavy atom. The fourth-order valence-electron chi connectivity index (χ4n) is 4.03. The van der Waals surface area contributed by atoms with Crippen molar-refractivity contribution in [3.63, 3.8) is 0 Å². The Labute approximate surface area is 205 Å². The van der Waals surface area contributed by atoms with E-state index in [1.807, 2.05) is 19.1 Å². The lowest BCUT2D eigenvalue weighted by Gasteiger charge is -2.24. The van der Waals surface area contributed by atoms with Crippen molar-refractivity contribution in [2.24, 2.45) is 5.10 Å². The van der Waals surface area contributed by atoms with Gasteiger partial charge in [0, 0.05) is 12.0 Å². The second kappa shape index (κ2) is 9.87. The molecule has 184 valence electrons. The number of ether oxygens (including phenoxy) is 4. The van der Waals surface area contributed by atoms with Gasteiger partial charge in [-0.1, -0.05) is 23.8 Å². The second-order valence-electron chi connectivity index (χ2n) is 8.04. The summed E-state index contributed by atoms with van der Waals surface area (Å²) in [5.74, 6) is 2.19. The molecule has 0 aromatic heterocycles. The van der Waals surface area contributed by atoms with E-state index in [9.17, 15) is 8.42 Å². The van der Waals surface area contributed by atoms with E-state index in [-0.39, 0.29) is 4.90 Å². The Kier molecular flexibility index (Phi) is 6.88. The summed E-state index contributed by atoms with van der Waals surface area (Å²) < 4.78 is 50.2. The summed E-state index contributed by atoms with van der Waals surface area (Å²) in [5.41, 5.74) is 3.06. The number of hydrogen-bond acceptors (Lipinski definition) is 7. The van der Waals surface area contributed by atoms with Crippen LogP contribution in [0.1, 0.15) is 29.2 Å². The van der Waals surface area contributed by atoms with E-state index in [2.05, 4.69) is 5.10 Å². The van der Waals surface area contributed by atoms with Gasteiger partial charge in [-0.2, -0.15) is 17.9 Å². The van der Waals surface area contributed by atoms with Crippen molar-refractivity contribution in [1.29, 1.82) is 0 Å². The summed E-state index contributed by atoms with van der Waals surface area (Å²) in [5, 5.41) is 4.61. The zero-order valence-electron chi connectivity index (χ0n) is 20.3. The Morgan fingerprint density at radius 3 is 1.94 bits per heavy atom. The Bertz CT molecular complexity index is 1350. The zero-order valence-corrected chi connectivity index (χ0v) is 21.1. The number of benzene rings is 3. The number of methoxy groups -OCH3 is 4. The van der Waals surface area contributed by atoms with Gasteiger partial charge >= 0.3 is 0 Å². The van der Waals surface area contributed by atoms with Gasteiger partial charge in [-0.3, -0.25) is 0 Å². The molecule has 1 atom stereocenters. The molecule has 3 aromatic rings. The molecular formula is C26H28N2O6S. The molecule has 0 saturated heterocycles. The first kappa shape index (κ1) is 24.4. The summed E-state index contributed by atoms with van der Waals surface area (Å²) in [6.45, 7) is 1.91. The van der Waals surface area contributed by atoms with E-state index >= 15 is 0 Å². The van der Waals surface area contributed by atoms with Gasteiger partial charge in [-0.25, -0.2) is 0 Å². The average molecular weight is 497 g/mol. The summed E-state index contributed by atoms with van der Waals surface area (Å²) in [7, 11) is 2.28. The van der Waals surface area contributed by atoms with Crippen LogP contribution in [0.4, 0.5) is 0 Å². The molecule has 9 heteroatoms. The van der Waals surface area contributed by atoms with Gasteiger partial charge in [0.15, 0.2) is 23.0 Å². The van der Waals surface area contributed by atoms with Crippen molar-refractivity contribution < 1.29 is 27.4 Å². The predicted octanol–water partition coefficient (Wildman–Crippen LogP) is 4.57. The lowest BCUT2D eigenvalue weighted by Crippen LogP contribution is -2.27. The van der Waals surface area contributed by atoms with Crippen molar-refractivity contribution in [2.75, 3.05) is 28.4 Å². The Morgan fingerprint density at radius 2 is 1.34 bits per heavy atom. The molecule has 0 amide bonds. The molecule has 3 aromatic carbocycles. The van der Waals surface area contributed by atoms with Gasteiger partial charge in [0.2, 0.25) is 0 Å². The van der Waals surface area contributed by atoms with Crippen LogP contribution >= 0.6 is 0 Å². The van der Waals surface area contributed by atoms with E-state index in [0.29, 0.717) is 35.1 Å². The second-order valence-corrected chi connectivity index (χ2v) is 9.84. The van der Waals surface area contributed by atoms with Crippen LogP contribution in [0, 0.1) is 6.92 Å². The Hall–Kier alpha value is -3.72. The van der Waals surface area contributed by atoms with Gasteiger partial charge in [-0.05, 0) is 55.0 Å². The highest BCUT2D eigenvalue weighted by atomic mass is 32.2. The van der Waals surface area contributed by atoms with E-state index in [1.54, 1.807) is 77.0 Å². The van der Waals surface area contributed by atoms with E-state index < -0.39 is 16.1 Å². The van der Waals surface area contributed by atoms with Crippen LogP contribution in [0.2, 0.25) is 0 Å². The molecule has 0 bridgehead atoms. The molecule has 0 saturated carbocycles. The van der Waals surface area contributed by atoms with Crippen LogP contribution in [0.5, 0.6) is 23.0 Å². The third-order valence-electron chi connectivity index (χ3n) is 5.95. The van der Waals surface area contributed by atoms with E-state index in [4.69, 9.17) is 18.9 Å². The molecule has 0 N–H and O–H groups in total. The first-order chi connectivity index (χ1) is 16.8. The largest absolute Gasteiger partial charge is 0.493 e. The van der Waals surface area contributed by atoms with Crippen molar-refractivity contribution in [3.8, 4) is 23.0 Å². The SMILES string of the molecule is COc1ccc(C2=NN(S(=O)(=O)c3ccc(C)cc3)C(c3ccc(OC)c(OC)c3)C2)cc1OC. The number of hydrazone groups is 1. The number of sulfonamides is 1. The molecule has 0 fully saturated rings. The van der Waals surface area contributed by atoms with E-state index in [0.717, 1.165) is 16.7 Å². The van der Waals surface area contributed by atoms with Crippen LogP contribution in [-0.2, 0) is 10.0 Å². The summed E-state index contributed by atoms with van der Waals surface area (Å²) in [6.07, 6.45) is 0.357. The maximum atomic E-state index is 13.7. The predicted molar refractivity (Wildman–Crippen MR) is 133 cm³/mol. The molecule has 1 aliphatic rings. The molecule has 35 heavy (non-hydrogen) atoms. The van der Waals surface area contributed by atoms with Crippen LogP contribution in [-0.4, -0.2) is 47.0 Å². The highest BCUT2D eigenvalue weighted by Gasteiger charge is 2.38. The minimum Gasteiger partial charge on any atom is -0.493 e. The molecular weight excluding hydrogens is 468 g/mol. The van der Waals surface area contributed by atoms with Crippen molar-refractivity contribution in [1.82, 2.24) is 4.41 Å². The summed E-state index contributed by atoms with van der Waals surface area (Å²) >= 11 is 0. The Balaban J connectivity index is 1.82. The van der Waals surface area contributed by atoms with Crippen LogP contribution in [0.15, 0.2) is 70.7 Å². The fourth-order valence-corrected chi connectivity index (χ4v) is 5.46. The molecule has 4 rings (SSSR count). The molecule has 0 spiro atoms.